The van der Waals surface area contributed by atoms with E-state index in [1.54, 1.807) is 0 Å². The van der Waals surface area contributed by atoms with Crippen LogP contribution >= 0.6 is 0 Å². The van der Waals surface area contributed by atoms with E-state index in [2.05, 4.69) is 5.32 Å². The zero-order chi connectivity index (χ0) is 17.8. The number of nitrogens with one attached hydrogen (secondary N) is 1. The van der Waals surface area contributed by atoms with Crippen LogP contribution in [0.3, 0.4) is 0 Å². The Balaban J connectivity index is 1.80. The van der Waals surface area contributed by atoms with Gasteiger partial charge in [0.05, 0.1) is 6.10 Å². The topological polar surface area (TPSA) is 82.7 Å². The SMILES string of the molecule is CCc1cc2c(CNC[C@@H](O)c3ccccc3)cc(=O)oc2cc1O. The summed E-state index contributed by atoms with van der Waals surface area (Å²) in [6, 6.07) is 14.2. The molecule has 0 saturated carbocycles. The molecule has 1 atom stereocenters. The van der Waals surface area contributed by atoms with E-state index < -0.39 is 11.7 Å². The lowest BCUT2D eigenvalue weighted by Crippen LogP contribution is -2.21. The zero-order valence-electron chi connectivity index (χ0n) is 14.0. The number of phenolic OH excluding ortho intramolecular Hbond substituents is 1. The third kappa shape index (κ3) is 3.90. The van der Waals surface area contributed by atoms with E-state index in [0.29, 0.717) is 25.1 Å². The van der Waals surface area contributed by atoms with Gasteiger partial charge in [0.2, 0.25) is 0 Å². The molecule has 130 valence electrons. The highest BCUT2D eigenvalue weighted by Crippen LogP contribution is 2.27. The van der Waals surface area contributed by atoms with Crippen LogP contribution in [0.15, 0.2) is 57.7 Å². The van der Waals surface area contributed by atoms with Crippen molar-refractivity contribution in [1.82, 2.24) is 5.32 Å². The molecule has 3 aromatic rings. The molecule has 0 aliphatic carbocycles. The molecule has 0 spiro atoms. The smallest absolute Gasteiger partial charge is 0.336 e. The number of hydrogen-bond acceptors (Lipinski definition) is 5. The number of rotatable bonds is 6. The van der Waals surface area contributed by atoms with Crippen LogP contribution in [0.2, 0.25) is 0 Å². The first-order valence-corrected chi connectivity index (χ1v) is 8.31. The standard InChI is InChI=1S/C20H21NO4/c1-2-13-8-16-15(9-20(24)25-19(16)10-17(13)22)11-21-12-18(23)14-6-4-3-5-7-14/h3-10,18,21-23H,2,11-12H2,1H3/t18-/m1/s1. The average molecular weight is 339 g/mol. The molecule has 3 rings (SSSR count). The van der Waals surface area contributed by atoms with E-state index in [1.807, 2.05) is 43.3 Å². The van der Waals surface area contributed by atoms with Gasteiger partial charge in [-0.15, -0.1) is 0 Å². The van der Waals surface area contributed by atoms with Gasteiger partial charge in [-0.1, -0.05) is 37.3 Å². The Morgan fingerprint density at radius 1 is 1.12 bits per heavy atom. The zero-order valence-corrected chi connectivity index (χ0v) is 14.0. The lowest BCUT2D eigenvalue weighted by Gasteiger charge is -2.13. The van der Waals surface area contributed by atoms with Crippen LogP contribution in [-0.4, -0.2) is 16.8 Å². The molecule has 25 heavy (non-hydrogen) atoms. The van der Waals surface area contributed by atoms with Crippen molar-refractivity contribution in [2.75, 3.05) is 6.54 Å². The van der Waals surface area contributed by atoms with E-state index in [9.17, 15) is 15.0 Å². The van der Waals surface area contributed by atoms with Crippen molar-refractivity contribution in [3.63, 3.8) is 0 Å². The lowest BCUT2D eigenvalue weighted by atomic mass is 10.0. The molecule has 0 bridgehead atoms. The van der Waals surface area contributed by atoms with E-state index >= 15 is 0 Å². The first-order valence-electron chi connectivity index (χ1n) is 8.31. The molecular formula is C20H21NO4. The first kappa shape index (κ1) is 17.2. The molecule has 0 radical (unpaired) electrons. The summed E-state index contributed by atoms with van der Waals surface area (Å²) in [6.07, 6.45) is 0.0587. The van der Waals surface area contributed by atoms with Gasteiger partial charge < -0.3 is 19.9 Å². The number of aliphatic hydroxyl groups excluding tert-OH is 1. The summed E-state index contributed by atoms with van der Waals surface area (Å²) in [6.45, 7) is 2.73. The first-order chi connectivity index (χ1) is 12.1. The van der Waals surface area contributed by atoms with Crippen LogP contribution in [0.1, 0.15) is 29.7 Å². The predicted octanol–water partition coefficient (Wildman–Crippen LogP) is 2.88. The Morgan fingerprint density at radius 3 is 2.60 bits per heavy atom. The monoisotopic (exact) mass is 339 g/mol. The third-order valence-corrected chi connectivity index (χ3v) is 4.25. The second-order valence-electron chi connectivity index (χ2n) is 5.98. The minimum Gasteiger partial charge on any atom is -0.508 e. The van der Waals surface area contributed by atoms with Gasteiger partial charge in [0, 0.05) is 30.6 Å². The lowest BCUT2D eigenvalue weighted by molar-refractivity contribution is 0.174. The quantitative estimate of drug-likeness (QED) is 0.602. The Bertz CT molecular complexity index is 918. The van der Waals surface area contributed by atoms with Gasteiger partial charge in [-0.2, -0.15) is 0 Å². The maximum atomic E-state index is 11.8. The molecule has 0 unspecified atom stereocenters. The van der Waals surface area contributed by atoms with Gasteiger partial charge in [0.25, 0.3) is 0 Å². The van der Waals surface area contributed by atoms with Gasteiger partial charge >= 0.3 is 5.63 Å². The summed E-state index contributed by atoms with van der Waals surface area (Å²) >= 11 is 0. The second-order valence-corrected chi connectivity index (χ2v) is 5.98. The minimum absolute atomic E-state index is 0.128. The largest absolute Gasteiger partial charge is 0.508 e. The predicted molar refractivity (Wildman–Crippen MR) is 96.6 cm³/mol. The Labute approximate surface area is 145 Å². The Morgan fingerprint density at radius 2 is 1.88 bits per heavy atom. The summed E-state index contributed by atoms with van der Waals surface area (Å²) < 4.78 is 5.19. The van der Waals surface area contributed by atoms with Crippen molar-refractivity contribution >= 4 is 11.0 Å². The molecule has 0 amide bonds. The molecule has 3 N–H and O–H groups in total. The molecule has 5 nitrogen and oxygen atoms in total. The van der Waals surface area contributed by atoms with Crippen molar-refractivity contribution < 1.29 is 14.6 Å². The number of phenols is 1. The number of benzene rings is 2. The maximum Gasteiger partial charge on any atom is 0.336 e. The van der Waals surface area contributed by atoms with Gasteiger partial charge in [-0.05, 0) is 29.2 Å². The third-order valence-electron chi connectivity index (χ3n) is 4.25. The van der Waals surface area contributed by atoms with E-state index in [1.165, 1.54) is 12.1 Å². The summed E-state index contributed by atoms with van der Waals surface area (Å²) in [5.41, 5.74) is 2.32. The highest BCUT2D eigenvalue weighted by Gasteiger charge is 2.11. The van der Waals surface area contributed by atoms with E-state index in [0.717, 1.165) is 22.1 Å². The normalized spacial score (nSPS) is 12.4. The van der Waals surface area contributed by atoms with Crippen molar-refractivity contribution in [3.05, 3.63) is 75.6 Å². The van der Waals surface area contributed by atoms with Crippen molar-refractivity contribution in [2.24, 2.45) is 0 Å². The molecule has 1 aromatic heterocycles. The fourth-order valence-corrected chi connectivity index (χ4v) is 2.87. The molecule has 0 saturated heterocycles. The van der Waals surface area contributed by atoms with Crippen LogP contribution < -0.4 is 10.9 Å². The van der Waals surface area contributed by atoms with Crippen molar-refractivity contribution in [2.45, 2.75) is 26.0 Å². The average Bonchev–Trinajstić information content (AvgIpc) is 2.61. The van der Waals surface area contributed by atoms with Crippen LogP contribution in [-0.2, 0) is 13.0 Å². The van der Waals surface area contributed by atoms with Gasteiger partial charge in [-0.25, -0.2) is 4.79 Å². The minimum atomic E-state index is -0.622. The number of fused-ring (bicyclic) bond motifs is 1. The molecule has 5 heteroatoms. The summed E-state index contributed by atoms with van der Waals surface area (Å²) in [5, 5.41) is 24.1. The highest BCUT2D eigenvalue weighted by atomic mass is 16.4. The molecule has 2 aromatic carbocycles. The van der Waals surface area contributed by atoms with Gasteiger partial charge in [0.1, 0.15) is 11.3 Å². The molecule has 0 aliphatic rings. The van der Waals surface area contributed by atoms with Crippen LogP contribution in [0.5, 0.6) is 5.75 Å². The Hall–Kier alpha value is -2.63. The molecule has 0 fully saturated rings. The number of aliphatic hydroxyl groups is 1. The number of aryl methyl sites for hydroxylation is 1. The molecular weight excluding hydrogens is 318 g/mol. The molecule has 1 heterocycles. The van der Waals surface area contributed by atoms with Crippen LogP contribution in [0.25, 0.3) is 11.0 Å². The summed E-state index contributed by atoms with van der Waals surface area (Å²) in [4.78, 5) is 11.8. The van der Waals surface area contributed by atoms with Crippen molar-refractivity contribution in [1.29, 1.82) is 0 Å². The number of hydrogen-bond donors (Lipinski definition) is 3. The summed E-state index contributed by atoms with van der Waals surface area (Å²) in [5.74, 6) is 0.128. The van der Waals surface area contributed by atoms with Crippen LogP contribution in [0, 0.1) is 0 Å². The number of aromatic hydroxyl groups is 1. The Kier molecular flexibility index (Phi) is 5.16. The second kappa shape index (κ2) is 7.51. The van der Waals surface area contributed by atoms with Gasteiger partial charge in [0.15, 0.2) is 0 Å². The van der Waals surface area contributed by atoms with E-state index in [-0.39, 0.29) is 5.75 Å². The van der Waals surface area contributed by atoms with Crippen LogP contribution in [0.4, 0.5) is 0 Å². The van der Waals surface area contributed by atoms with Crippen molar-refractivity contribution in [3.8, 4) is 5.75 Å². The summed E-state index contributed by atoms with van der Waals surface area (Å²) in [7, 11) is 0. The highest BCUT2D eigenvalue weighted by molar-refractivity contribution is 5.82. The molecule has 0 aliphatic heterocycles. The fourth-order valence-electron chi connectivity index (χ4n) is 2.87. The maximum absolute atomic E-state index is 11.8. The van der Waals surface area contributed by atoms with Gasteiger partial charge in [-0.3, -0.25) is 0 Å². The van der Waals surface area contributed by atoms with E-state index in [4.69, 9.17) is 4.42 Å². The fraction of sp³-hybridized carbons (Fsp3) is 0.250.